The van der Waals surface area contributed by atoms with E-state index in [0.717, 1.165) is 0 Å². The third-order valence-corrected chi connectivity index (χ3v) is 3.49. The summed E-state index contributed by atoms with van der Waals surface area (Å²) in [6.45, 7) is 0. The molecule has 2 rings (SSSR count). The van der Waals surface area contributed by atoms with Crippen molar-refractivity contribution in [3.05, 3.63) is 58.6 Å². The van der Waals surface area contributed by atoms with E-state index in [4.69, 9.17) is 23.2 Å². The highest BCUT2D eigenvalue weighted by molar-refractivity contribution is 6.31. The summed E-state index contributed by atoms with van der Waals surface area (Å²) in [7, 11) is 0. The summed E-state index contributed by atoms with van der Waals surface area (Å²) in [5.74, 6) is -0.300. The molecule has 0 bridgehead atoms. The van der Waals surface area contributed by atoms with E-state index in [0.29, 0.717) is 27.8 Å². The molecule has 0 aliphatic heterocycles. The van der Waals surface area contributed by atoms with Crippen LogP contribution in [0.5, 0.6) is 0 Å². The van der Waals surface area contributed by atoms with Crippen molar-refractivity contribution in [3.8, 4) is 0 Å². The Labute approximate surface area is 144 Å². The Hall–Kier alpha value is -2.04. The lowest BCUT2D eigenvalue weighted by Crippen LogP contribution is -2.14. The van der Waals surface area contributed by atoms with Crippen LogP contribution < -0.4 is 10.6 Å². The van der Waals surface area contributed by atoms with Crippen molar-refractivity contribution in [2.24, 2.45) is 0 Å². The number of hydrogen-bond donors (Lipinski definition) is 2. The molecule has 0 atom stereocenters. The van der Waals surface area contributed by atoms with Crippen molar-refractivity contribution in [2.75, 3.05) is 10.6 Å². The number of carbonyl (C=O) groups is 2. The summed E-state index contributed by atoms with van der Waals surface area (Å²) in [5.41, 5.74) is 1.29. The summed E-state index contributed by atoms with van der Waals surface area (Å²) in [6, 6.07) is 13.9. The Morgan fingerprint density at radius 3 is 1.61 bits per heavy atom. The summed E-state index contributed by atoms with van der Waals surface area (Å²) < 4.78 is 0. The molecule has 2 aromatic rings. The number of halogens is 2. The molecule has 4 nitrogen and oxygen atoms in total. The third-order valence-electron chi connectivity index (χ3n) is 3.02. The van der Waals surface area contributed by atoms with E-state index in [1.54, 1.807) is 48.5 Å². The highest BCUT2D eigenvalue weighted by Gasteiger charge is 2.07. The van der Waals surface area contributed by atoms with E-state index in [2.05, 4.69) is 10.6 Å². The lowest BCUT2D eigenvalue weighted by molar-refractivity contribution is -0.117. The fourth-order valence-electron chi connectivity index (χ4n) is 1.99. The predicted molar refractivity (Wildman–Crippen MR) is 94.0 cm³/mol. The van der Waals surface area contributed by atoms with E-state index in [9.17, 15) is 9.59 Å². The van der Waals surface area contributed by atoms with Crippen molar-refractivity contribution in [2.45, 2.75) is 19.3 Å². The van der Waals surface area contributed by atoms with Crippen LogP contribution in [0.25, 0.3) is 0 Å². The molecule has 0 fully saturated rings. The number of amides is 2. The maximum Gasteiger partial charge on any atom is 0.224 e. The normalized spacial score (nSPS) is 10.2. The second kappa shape index (κ2) is 8.56. The monoisotopic (exact) mass is 350 g/mol. The molecule has 2 amide bonds. The Bertz CT molecular complexity index is 645. The molecule has 0 aliphatic carbocycles. The molecule has 6 heteroatoms. The van der Waals surface area contributed by atoms with Gasteiger partial charge >= 0.3 is 0 Å². The quantitative estimate of drug-likeness (QED) is 0.790. The molecular weight excluding hydrogens is 335 g/mol. The van der Waals surface area contributed by atoms with Gasteiger partial charge in [-0.25, -0.2) is 0 Å². The van der Waals surface area contributed by atoms with Crippen molar-refractivity contribution in [3.63, 3.8) is 0 Å². The summed E-state index contributed by atoms with van der Waals surface area (Å²) in [6.07, 6.45) is 0.976. The minimum atomic E-state index is -0.150. The molecule has 0 aliphatic rings. The van der Waals surface area contributed by atoms with Gasteiger partial charge in [0.15, 0.2) is 0 Å². The lowest BCUT2D eigenvalue weighted by atomic mass is 10.2. The Kier molecular flexibility index (Phi) is 6.44. The lowest BCUT2D eigenvalue weighted by Gasteiger charge is -2.07. The maximum absolute atomic E-state index is 11.8. The van der Waals surface area contributed by atoms with E-state index in [1.807, 2.05) is 0 Å². The van der Waals surface area contributed by atoms with Crippen LogP contribution in [0.15, 0.2) is 48.5 Å². The van der Waals surface area contributed by atoms with Crippen LogP contribution in [0.2, 0.25) is 10.0 Å². The van der Waals surface area contributed by atoms with Crippen molar-refractivity contribution >= 4 is 46.4 Å². The second-order valence-corrected chi connectivity index (χ2v) is 5.84. The average molecular weight is 351 g/mol. The highest BCUT2D eigenvalue weighted by atomic mass is 35.5. The molecule has 2 aromatic carbocycles. The zero-order valence-corrected chi connectivity index (χ0v) is 13.8. The van der Waals surface area contributed by atoms with Gasteiger partial charge in [-0.3, -0.25) is 9.59 Å². The van der Waals surface area contributed by atoms with Gasteiger partial charge in [0.1, 0.15) is 0 Å². The number of anilines is 2. The van der Waals surface area contributed by atoms with E-state index < -0.39 is 0 Å². The van der Waals surface area contributed by atoms with Crippen LogP contribution in [0, 0.1) is 0 Å². The SMILES string of the molecule is O=C(CCCC(=O)Nc1cccc(Cl)c1)Nc1cccc(Cl)c1. The van der Waals surface area contributed by atoms with Crippen LogP contribution in [0.3, 0.4) is 0 Å². The fraction of sp³-hybridized carbons (Fsp3) is 0.176. The first-order valence-electron chi connectivity index (χ1n) is 7.14. The van der Waals surface area contributed by atoms with E-state index in [-0.39, 0.29) is 24.7 Å². The smallest absolute Gasteiger partial charge is 0.224 e. The van der Waals surface area contributed by atoms with Gasteiger partial charge in [-0.05, 0) is 42.8 Å². The fourth-order valence-corrected chi connectivity index (χ4v) is 2.37. The molecule has 23 heavy (non-hydrogen) atoms. The first kappa shape index (κ1) is 17.3. The van der Waals surface area contributed by atoms with Gasteiger partial charge in [0.2, 0.25) is 11.8 Å². The zero-order valence-electron chi connectivity index (χ0n) is 12.3. The van der Waals surface area contributed by atoms with Gasteiger partial charge < -0.3 is 10.6 Å². The molecule has 0 spiro atoms. The van der Waals surface area contributed by atoms with Crippen LogP contribution in [0.4, 0.5) is 11.4 Å². The Morgan fingerprint density at radius 1 is 0.783 bits per heavy atom. The predicted octanol–water partition coefficient (Wildman–Crippen LogP) is 4.74. The number of benzene rings is 2. The molecule has 2 N–H and O–H groups in total. The van der Waals surface area contributed by atoms with Crippen molar-refractivity contribution in [1.82, 2.24) is 0 Å². The molecular formula is C17H16Cl2N2O2. The molecule has 120 valence electrons. The maximum atomic E-state index is 11.8. The molecule has 0 saturated carbocycles. The summed E-state index contributed by atoms with van der Waals surface area (Å²) in [5, 5.41) is 6.60. The van der Waals surface area contributed by atoms with Gasteiger partial charge in [0.05, 0.1) is 0 Å². The van der Waals surface area contributed by atoms with Gasteiger partial charge in [-0.2, -0.15) is 0 Å². The van der Waals surface area contributed by atoms with Crippen molar-refractivity contribution < 1.29 is 9.59 Å². The second-order valence-electron chi connectivity index (χ2n) is 4.97. The Balaban J connectivity index is 1.71. The number of carbonyl (C=O) groups excluding carboxylic acids is 2. The van der Waals surface area contributed by atoms with E-state index >= 15 is 0 Å². The first-order valence-corrected chi connectivity index (χ1v) is 7.89. The standard InChI is InChI=1S/C17H16Cl2N2O2/c18-12-4-1-6-14(10-12)20-16(22)8-3-9-17(23)21-15-7-2-5-13(19)11-15/h1-2,4-7,10-11H,3,8-9H2,(H,20,22)(H,21,23). The highest BCUT2D eigenvalue weighted by Crippen LogP contribution is 2.16. The van der Waals surface area contributed by atoms with Crippen LogP contribution in [-0.4, -0.2) is 11.8 Å². The minimum absolute atomic E-state index is 0.150. The zero-order chi connectivity index (χ0) is 16.7. The topological polar surface area (TPSA) is 58.2 Å². The van der Waals surface area contributed by atoms with Crippen LogP contribution >= 0.6 is 23.2 Å². The molecule has 0 aromatic heterocycles. The summed E-state index contributed by atoms with van der Waals surface area (Å²) in [4.78, 5) is 23.6. The molecule has 0 saturated heterocycles. The average Bonchev–Trinajstić information content (AvgIpc) is 2.47. The first-order chi connectivity index (χ1) is 11.0. The molecule has 0 heterocycles. The van der Waals surface area contributed by atoms with Crippen LogP contribution in [0.1, 0.15) is 19.3 Å². The van der Waals surface area contributed by atoms with Gasteiger partial charge in [-0.1, -0.05) is 35.3 Å². The number of rotatable bonds is 6. The minimum Gasteiger partial charge on any atom is -0.326 e. The number of nitrogens with one attached hydrogen (secondary N) is 2. The third kappa shape index (κ3) is 6.30. The van der Waals surface area contributed by atoms with Crippen LogP contribution in [-0.2, 0) is 9.59 Å². The van der Waals surface area contributed by atoms with Gasteiger partial charge in [0.25, 0.3) is 0 Å². The largest absolute Gasteiger partial charge is 0.326 e. The Morgan fingerprint density at radius 2 is 1.22 bits per heavy atom. The van der Waals surface area contributed by atoms with Crippen molar-refractivity contribution in [1.29, 1.82) is 0 Å². The van der Waals surface area contributed by atoms with Gasteiger partial charge in [-0.15, -0.1) is 0 Å². The summed E-state index contributed by atoms with van der Waals surface area (Å²) >= 11 is 11.7. The molecule has 0 unspecified atom stereocenters. The van der Waals surface area contributed by atoms with Gasteiger partial charge in [0, 0.05) is 34.3 Å². The number of hydrogen-bond acceptors (Lipinski definition) is 2. The molecule has 0 radical (unpaired) electrons. The van der Waals surface area contributed by atoms with E-state index in [1.165, 1.54) is 0 Å².